The summed E-state index contributed by atoms with van der Waals surface area (Å²) >= 11 is 5.75. The van der Waals surface area contributed by atoms with Crippen LogP contribution in [-0.4, -0.2) is 44.4 Å². The number of nitrogens with one attached hydrogen (secondary N) is 1. The van der Waals surface area contributed by atoms with Crippen LogP contribution in [0.15, 0.2) is 24.3 Å². The highest BCUT2D eigenvalue weighted by molar-refractivity contribution is 6.30. The van der Waals surface area contributed by atoms with Gasteiger partial charge < -0.3 is 10.2 Å². The maximum atomic E-state index is 11.7. The van der Waals surface area contributed by atoms with E-state index in [2.05, 4.69) is 10.2 Å². The molecule has 0 aliphatic heterocycles. The van der Waals surface area contributed by atoms with E-state index in [0.717, 1.165) is 13.1 Å². The first kappa shape index (κ1) is 13.2. The van der Waals surface area contributed by atoms with Gasteiger partial charge in [0.2, 0.25) is 0 Å². The van der Waals surface area contributed by atoms with Crippen molar-refractivity contribution in [2.24, 2.45) is 0 Å². The molecular formula is C12H17ClN2O. The zero-order valence-electron chi connectivity index (χ0n) is 9.66. The first-order valence-corrected chi connectivity index (χ1v) is 5.61. The van der Waals surface area contributed by atoms with Crippen LogP contribution in [0.2, 0.25) is 5.02 Å². The van der Waals surface area contributed by atoms with Gasteiger partial charge >= 0.3 is 0 Å². The fourth-order valence-electron chi connectivity index (χ4n) is 1.24. The predicted octanol–water partition coefficient (Wildman–Crippen LogP) is 1.67. The summed E-state index contributed by atoms with van der Waals surface area (Å²) in [7, 11) is 4.01. The normalized spacial score (nSPS) is 10.8. The standard InChI is InChI=1S/C12H17ClN2O/c1-15(2)8-7-14-9-12(16)10-3-5-11(13)6-4-10/h3-6,14H,7-9H2,1-2H3. The van der Waals surface area contributed by atoms with Crippen molar-refractivity contribution in [3.8, 4) is 0 Å². The highest BCUT2D eigenvalue weighted by Crippen LogP contribution is 2.09. The molecule has 1 aromatic carbocycles. The van der Waals surface area contributed by atoms with Crippen molar-refractivity contribution in [2.75, 3.05) is 33.7 Å². The number of ketones is 1. The quantitative estimate of drug-likeness (QED) is 0.607. The monoisotopic (exact) mass is 240 g/mol. The van der Waals surface area contributed by atoms with E-state index in [1.807, 2.05) is 14.1 Å². The van der Waals surface area contributed by atoms with Gasteiger partial charge in [-0.2, -0.15) is 0 Å². The molecule has 1 rings (SSSR count). The molecule has 0 atom stereocenters. The van der Waals surface area contributed by atoms with Gasteiger partial charge in [-0.3, -0.25) is 4.79 Å². The first-order chi connectivity index (χ1) is 7.59. The van der Waals surface area contributed by atoms with Gasteiger partial charge in [0.1, 0.15) is 0 Å². The third kappa shape index (κ3) is 4.75. The molecule has 0 heterocycles. The molecule has 88 valence electrons. The number of rotatable bonds is 6. The van der Waals surface area contributed by atoms with Crippen molar-refractivity contribution in [1.29, 1.82) is 0 Å². The lowest BCUT2D eigenvalue weighted by Gasteiger charge is -2.09. The van der Waals surface area contributed by atoms with Crippen molar-refractivity contribution in [2.45, 2.75) is 0 Å². The minimum Gasteiger partial charge on any atom is -0.308 e. The molecule has 16 heavy (non-hydrogen) atoms. The number of hydrogen-bond donors (Lipinski definition) is 1. The molecule has 0 radical (unpaired) electrons. The zero-order valence-corrected chi connectivity index (χ0v) is 10.4. The molecule has 0 saturated carbocycles. The molecule has 0 bridgehead atoms. The van der Waals surface area contributed by atoms with Crippen LogP contribution >= 0.6 is 11.6 Å². The first-order valence-electron chi connectivity index (χ1n) is 5.24. The van der Waals surface area contributed by atoms with Crippen LogP contribution in [0.3, 0.4) is 0 Å². The van der Waals surface area contributed by atoms with Gasteiger partial charge in [0.05, 0.1) is 6.54 Å². The molecule has 3 nitrogen and oxygen atoms in total. The molecule has 0 aliphatic rings. The maximum absolute atomic E-state index is 11.7. The molecule has 0 aromatic heterocycles. The maximum Gasteiger partial charge on any atom is 0.176 e. The molecular weight excluding hydrogens is 224 g/mol. The van der Waals surface area contributed by atoms with Gasteiger partial charge in [-0.1, -0.05) is 11.6 Å². The van der Waals surface area contributed by atoms with Crippen LogP contribution < -0.4 is 5.32 Å². The topological polar surface area (TPSA) is 32.3 Å². The fourth-order valence-corrected chi connectivity index (χ4v) is 1.37. The second-order valence-electron chi connectivity index (χ2n) is 3.91. The fraction of sp³-hybridized carbons (Fsp3) is 0.417. The molecule has 0 aliphatic carbocycles. The molecule has 1 N–H and O–H groups in total. The van der Waals surface area contributed by atoms with Crippen LogP contribution in [0.4, 0.5) is 0 Å². The van der Waals surface area contributed by atoms with E-state index in [9.17, 15) is 4.79 Å². The van der Waals surface area contributed by atoms with E-state index in [0.29, 0.717) is 17.1 Å². The number of carbonyl (C=O) groups is 1. The summed E-state index contributed by atoms with van der Waals surface area (Å²) in [6.07, 6.45) is 0. The summed E-state index contributed by atoms with van der Waals surface area (Å²) in [5.41, 5.74) is 0.696. The molecule has 0 fully saturated rings. The Kier molecular flexibility index (Phi) is 5.46. The van der Waals surface area contributed by atoms with Crippen LogP contribution in [0, 0.1) is 0 Å². The number of benzene rings is 1. The summed E-state index contributed by atoms with van der Waals surface area (Å²) < 4.78 is 0. The lowest BCUT2D eigenvalue weighted by atomic mass is 10.1. The van der Waals surface area contributed by atoms with E-state index in [1.165, 1.54) is 0 Å². The number of likely N-dealkylation sites (N-methyl/N-ethyl adjacent to an activating group) is 1. The molecule has 0 saturated heterocycles. The molecule has 4 heteroatoms. The van der Waals surface area contributed by atoms with Crippen LogP contribution in [0.1, 0.15) is 10.4 Å². The van der Waals surface area contributed by atoms with Crippen molar-refractivity contribution >= 4 is 17.4 Å². The average molecular weight is 241 g/mol. The summed E-state index contributed by atoms with van der Waals surface area (Å²) in [5, 5.41) is 3.76. The smallest absolute Gasteiger partial charge is 0.176 e. The number of hydrogen-bond acceptors (Lipinski definition) is 3. The summed E-state index contributed by atoms with van der Waals surface area (Å²) in [6.45, 7) is 2.11. The number of carbonyl (C=O) groups excluding carboxylic acids is 1. The second-order valence-corrected chi connectivity index (χ2v) is 4.35. The Morgan fingerprint density at radius 2 is 1.94 bits per heavy atom. The third-order valence-electron chi connectivity index (χ3n) is 2.19. The largest absolute Gasteiger partial charge is 0.308 e. The van der Waals surface area contributed by atoms with E-state index >= 15 is 0 Å². The van der Waals surface area contributed by atoms with Gasteiger partial charge in [-0.25, -0.2) is 0 Å². The Bertz CT molecular complexity index is 335. The Morgan fingerprint density at radius 1 is 1.31 bits per heavy atom. The minimum absolute atomic E-state index is 0.0930. The Hall–Kier alpha value is -0.900. The lowest BCUT2D eigenvalue weighted by molar-refractivity contribution is 0.0990. The van der Waals surface area contributed by atoms with Crippen LogP contribution in [-0.2, 0) is 0 Å². The average Bonchev–Trinajstić information content (AvgIpc) is 2.25. The van der Waals surface area contributed by atoms with E-state index in [-0.39, 0.29) is 5.78 Å². The minimum atomic E-state index is 0.0930. The number of nitrogens with zero attached hydrogens (tertiary/aromatic N) is 1. The number of halogens is 1. The highest BCUT2D eigenvalue weighted by Gasteiger charge is 2.04. The highest BCUT2D eigenvalue weighted by atomic mass is 35.5. The van der Waals surface area contributed by atoms with Crippen molar-refractivity contribution in [3.63, 3.8) is 0 Å². The van der Waals surface area contributed by atoms with Gasteiger partial charge in [0.25, 0.3) is 0 Å². The van der Waals surface area contributed by atoms with E-state index in [1.54, 1.807) is 24.3 Å². The predicted molar refractivity (Wildman–Crippen MR) is 67.2 cm³/mol. The van der Waals surface area contributed by atoms with Crippen molar-refractivity contribution < 1.29 is 4.79 Å². The zero-order chi connectivity index (χ0) is 12.0. The molecule has 0 unspecified atom stereocenters. The third-order valence-corrected chi connectivity index (χ3v) is 2.44. The molecule has 0 amide bonds. The van der Waals surface area contributed by atoms with Gasteiger partial charge in [0.15, 0.2) is 5.78 Å². The number of Topliss-reactive ketones (excluding diaryl/α,β-unsaturated/α-hetero) is 1. The van der Waals surface area contributed by atoms with Crippen molar-refractivity contribution in [1.82, 2.24) is 10.2 Å². The molecule has 1 aromatic rings. The second kappa shape index (κ2) is 6.63. The Morgan fingerprint density at radius 3 is 2.50 bits per heavy atom. The summed E-state index contributed by atoms with van der Waals surface area (Å²) in [6, 6.07) is 6.96. The Balaban J connectivity index is 2.32. The van der Waals surface area contributed by atoms with Gasteiger partial charge in [-0.05, 0) is 38.4 Å². The van der Waals surface area contributed by atoms with Crippen LogP contribution in [0.5, 0.6) is 0 Å². The SMILES string of the molecule is CN(C)CCNCC(=O)c1ccc(Cl)cc1. The summed E-state index contributed by atoms with van der Waals surface area (Å²) in [4.78, 5) is 13.8. The summed E-state index contributed by atoms with van der Waals surface area (Å²) in [5.74, 6) is 0.0930. The van der Waals surface area contributed by atoms with Gasteiger partial charge in [0, 0.05) is 23.7 Å². The Labute approximate surface area is 101 Å². The molecule has 0 spiro atoms. The van der Waals surface area contributed by atoms with Crippen LogP contribution in [0.25, 0.3) is 0 Å². The van der Waals surface area contributed by atoms with Gasteiger partial charge in [-0.15, -0.1) is 0 Å². The van der Waals surface area contributed by atoms with Crippen molar-refractivity contribution in [3.05, 3.63) is 34.9 Å². The van der Waals surface area contributed by atoms with E-state index in [4.69, 9.17) is 11.6 Å². The van der Waals surface area contributed by atoms with E-state index < -0.39 is 0 Å². The lowest BCUT2D eigenvalue weighted by Crippen LogP contribution is -2.30.